The smallest absolute Gasteiger partial charge is 0.471 e. The summed E-state index contributed by atoms with van der Waals surface area (Å²) in [6, 6.07) is 0.677. The fourth-order valence-electron chi connectivity index (χ4n) is 2.45. The number of carbonyl (C=O) groups is 3. The van der Waals surface area contributed by atoms with Crippen LogP contribution in [0.15, 0.2) is 28.4 Å². The summed E-state index contributed by atoms with van der Waals surface area (Å²) in [5.74, 6) is -5.16. The van der Waals surface area contributed by atoms with E-state index in [1.54, 1.807) is 0 Å². The van der Waals surface area contributed by atoms with Crippen LogP contribution in [-0.2, 0) is 20.0 Å². The van der Waals surface area contributed by atoms with Gasteiger partial charge in [0, 0.05) is 12.0 Å². The first-order chi connectivity index (χ1) is 13.8. The molecule has 1 aliphatic heterocycles. The van der Waals surface area contributed by atoms with Gasteiger partial charge in [0.2, 0.25) is 0 Å². The summed E-state index contributed by atoms with van der Waals surface area (Å²) in [6.07, 6.45) is -11.1. The van der Waals surface area contributed by atoms with Crippen LogP contribution < -0.4 is 10.1 Å². The average Bonchev–Trinajstić information content (AvgIpc) is 3.47. The van der Waals surface area contributed by atoms with Crippen molar-refractivity contribution in [3.8, 4) is 5.75 Å². The summed E-state index contributed by atoms with van der Waals surface area (Å²) in [5.41, 5.74) is -3.57. The van der Waals surface area contributed by atoms with Crippen LogP contribution in [-0.4, -0.2) is 50.3 Å². The van der Waals surface area contributed by atoms with Crippen LogP contribution in [0.25, 0.3) is 0 Å². The first kappa shape index (κ1) is 23.1. The number of esters is 1. The van der Waals surface area contributed by atoms with Gasteiger partial charge >= 0.3 is 29.9 Å². The summed E-state index contributed by atoms with van der Waals surface area (Å²) in [4.78, 5) is 35.2. The lowest BCUT2D eigenvalue weighted by Gasteiger charge is -2.19. The zero-order chi connectivity index (χ0) is 22.9. The Kier molecular flexibility index (Phi) is 6.09. The third kappa shape index (κ3) is 4.52. The molecule has 0 unspecified atom stereocenters. The van der Waals surface area contributed by atoms with E-state index in [9.17, 15) is 40.7 Å². The first-order valence-corrected chi connectivity index (χ1v) is 7.95. The van der Waals surface area contributed by atoms with Crippen molar-refractivity contribution in [2.75, 3.05) is 14.2 Å². The number of nitrogens with zero attached hydrogens (tertiary/aromatic N) is 2. The van der Waals surface area contributed by atoms with E-state index in [-0.39, 0.29) is 11.3 Å². The fraction of sp³-hybridized carbons (Fsp3) is 0.438. The standard InChI is InChI=1S/C16H13F6N3O5/c1-29-11-5-7(14(24-25-14)16(20,21)22)3-4-8(11)10(26)6-9(12(27)30-2)23-13(28)15(17,18)19/h3-5,9H,6H2,1-2H3,(H,23,28)/t9-/m0/s1. The van der Waals surface area contributed by atoms with Crippen LogP contribution in [0, 0.1) is 0 Å². The number of Topliss-reactive ketones (excluding diaryl/α,β-unsaturated/α-hetero) is 1. The maximum absolute atomic E-state index is 13.1. The van der Waals surface area contributed by atoms with Gasteiger partial charge in [-0.2, -0.15) is 26.3 Å². The van der Waals surface area contributed by atoms with Crippen molar-refractivity contribution < 1.29 is 50.2 Å². The first-order valence-electron chi connectivity index (χ1n) is 7.95. The molecular weight excluding hydrogens is 428 g/mol. The molecule has 0 spiro atoms. The number of amides is 1. The zero-order valence-corrected chi connectivity index (χ0v) is 15.2. The Balaban J connectivity index is 2.28. The molecule has 0 aliphatic carbocycles. The molecule has 0 bridgehead atoms. The summed E-state index contributed by atoms with van der Waals surface area (Å²) >= 11 is 0. The van der Waals surface area contributed by atoms with Crippen molar-refractivity contribution in [2.24, 2.45) is 10.2 Å². The van der Waals surface area contributed by atoms with Crippen LogP contribution in [0.4, 0.5) is 26.3 Å². The van der Waals surface area contributed by atoms with Gasteiger partial charge in [-0.3, -0.25) is 9.59 Å². The van der Waals surface area contributed by atoms with Crippen molar-refractivity contribution in [2.45, 2.75) is 30.5 Å². The maximum Gasteiger partial charge on any atom is 0.471 e. The topological polar surface area (TPSA) is 106 Å². The Morgan fingerprint density at radius 2 is 1.70 bits per heavy atom. The van der Waals surface area contributed by atoms with Gasteiger partial charge in [0.25, 0.3) is 0 Å². The van der Waals surface area contributed by atoms with Crippen molar-refractivity contribution in [1.29, 1.82) is 0 Å². The lowest BCUT2D eigenvalue weighted by atomic mass is 9.96. The largest absolute Gasteiger partial charge is 0.496 e. The minimum atomic E-state index is -5.32. The zero-order valence-electron chi connectivity index (χ0n) is 15.2. The summed E-state index contributed by atoms with van der Waals surface area (Å²) < 4.78 is 85.8. The third-order valence-corrected chi connectivity index (χ3v) is 4.04. The number of benzene rings is 1. The molecule has 0 fully saturated rings. The van der Waals surface area contributed by atoms with E-state index in [2.05, 4.69) is 15.0 Å². The summed E-state index contributed by atoms with van der Waals surface area (Å²) in [7, 11) is 1.87. The molecule has 1 N–H and O–H groups in total. The van der Waals surface area contributed by atoms with Crippen LogP contribution >= 0.6 is 0 Å². The number of methoxy groups -OCH3 is 2. The molecule has 2 rings (SSSR count). The van der Waals surface area contributed by atoms with Gasteiger partial charge in [-0.15, -0.1) is 10.2 Å². The van der Waals surface area contributed by atoms with Gasteiger partial charge in [-0.1, -0.05) is 6.07 Å². The monoisotopic (exact) mass is 441 g/mol. The van der Waals surface area contributed by atoms with Crippen LogP contribution in [0.2, 0.25) is 0 Å². The van der Waals surface area contributed by atoms with E-state index in [1.165, 1.54) is 5.32 Å². The molecule has 1 amide bonds. The SMILES string of the molecule is COC(=O)[C@H](CC(=O)c1ccc(C2(C(F)(F)F)N=N2)cc1OC)NC(=O)C(F)(F)F. The lowest BCUT2D eigenvalue weighted by molar-refractivity contribution is -0.175. The minimum Gasteiger partial charge on any atom is -0.496 e. The second kappa shape index (κ2) is 7.91. The lowest BCUT2D eigenvalue weighted by Crippen LogP contribution is -2.48. The minimum absolute atomic E-state index is 0.339. The predicted octanol–water partition coefficient (Wildman–Crippen LogP) is 2.67. The molecule has 14 heteroatoms. The molecule has 8 nitrogen and oxygen atoms in total. The molecule has 0 saturated heterocycles. The molecule has 1 aromatic carbocycles. The maximum atomic E-state index is 13.1. The highest BCUT2D eigenvalue weighted by Gasteiger charge is 2.65. The third-order valence-electron chi connectivity index (χ3n) is 4.04. The van der Waals surface area contributed by atoms with Gasteiger partial charge < -0.3 is 14.8 Å². The highest BCUT2D eigenvalue weighted by molar-refractivity contribution is 6.02. The Hall–Kier alpha value is -3.19. The summed E-state index contributed by atoms with van der Waals surface area (Å²) in [5, 5.41) is 7.35. The van der Waals surface area contributed by atoms with E-state index < -0.39 is 53.7 Å². The quantitative estimate of drug-likeness (QED) is 0.398. The Morgan fingerprint density at radius 3 is 2.13 bits per heavy atom. The molecule has 164 valence electrons. The average molecular weight is 441 g/mol. The molecule has 0 aromatic heterocycles. The van der Waals surface area contributed by atoms with Crippen molar-refractivity contribution in [3.05, 3.63) is 29.3 Å². The van der Waals surface area contributed by atoms with Gasteiger partial charge in [-0.25, -0.2) is 4.79 Å². The molecule has 1 aromatic rings. The van der Waals surface area contributed by atoms with Crippen LogP contribution in [0.5, 0.6) is 5.75 Å². The number of rotatable bonds is 7. The Labute approximate surface area is 164 Å². The summed E-state index contributed by atoms with van der Waals surface area (Å²) in [6.45, 7) is 0. The molecule has 0 saturated carbocycles. The molecule has 1 atom stereocenters. The van der Waals surface area contributed by atoms with Crippen LogP contribution in [0.3, 0.4) is 0 Å². The number of alkyl halides is 6. The second-order valence-electron chi connectivity index (χ2n) is 5.96. The Bertz CT molecular complexity index is 890. The van der Waals surface area contributed by atoms with Crippen molar-refractivity contribution >= 4 is 17.7 Å². The molecule has 30 heavy (non-hydrogen) atoms. The number of nitrogens with one attached hydrogen (secondary N) is 1. The van der Waals surface area contributed by atoms with Gasteiger partial charge in [0.1, 0.15) is 11.8 Å². The van der Waals surface area contributed by atoms with Gasteiger partial charge in [0.15, 0.2) is 5.78 Å². The van der Waals surface area contributed by atoms with E-state index >= 15 is 0 Å². The fourth-order valence-corrected chi connectivity index (χ4v) is 2.45. The number of hydrogen-bond acceptors (Lipinski definition) is 7. The molecule has 0 radical (unpaired) electrons. The number of ether oxygens (including phenoxy) is 2. The Morgan fingerprint density at radius 1 is 1.10 bits per heavy atom. The highest BCUT2D eigenvalue weighted by Crippen LogP contribution is 2.53. The van der Waals surface area contributed by atoms with Gasteiger partial charge in [0.05, 0.1) is 19.8 Å². The number of hydrogen-bond donors (Lipinski definition) is 1. The highest BCUT2D eigenvalue weighted by atomic mass is 19.4. The van der Waals surface area contributed by atoms with E-state index in [1.807, 2.05) is 0 Å². The van der Waals surface area contributed by atoms with Gasteiger partial charge in [-0.05, 0) is 12.1 Å². The second-order valence-corrected chi connectivity index (χ2v) is 5.96. The van der Waals surface area contributed by atoms with Crippen molar-refractivity contribution in [3.63, 3.8) is 0 Å². The van der Waals surface area contributed by atoms with E-state index in [0.29, 0.717) is 0 Å². The normalized spacial score (nSPS) is 15.9. The number of halogens is 6. The van der Waals surface area contributed by atoms with E-state index in [0.717, 1.165) is 32.4 Å². The van der Waals surface area contributed by atoms with Crippen LogP contribution in [0.1, 0.15) is 22.3 Å². The predicted molar refractivity (Wildman–Crippen MR) is 84.5 cm³/mol. The molecule has 1 heterocycles. The number of carbonyl (C=O) groups excluding carboxylic acids is 3. The van der Waals surface area contributed by atoms with Crippen molar-refractivity contribution in [1.82, 2.24) is 5.32 Å². The molecule has 1 aliphatic rings. The van der Waals surface area contributed by atoms with E-state index in [4.69, 9.17) is 4.74 Å². The molecular formula is C16H13F6N3O5. The number of ketones is 1.